The van der Waals surface area contributed by atoms with Gasteiger partial charge in [-0.25, -0.2) is 0 Å². The molecule has 0 bridgehead atoms. The van der Waals surface area contributed by atoms with Crippen LogP contribution in [-0.2, 0) is 0 Å². The fourth-order valence-corrected chi connectivity index (χ4v) is 3.42. The van der Waals surface area contributed by atoms with Crippen molar-refractivity contribution in [1.82, 2.24) is 15.1 Å². The zero-order chi connectivity index (χ0) is 15.9. The summed E-state index contributed by atoms with van der Waals surface area (Å²) in [5, 5.41) is 13.1. The number of nitriles is 1. The third kappa shape index (κ3) is 5.94. The molecule has 0 spiro atoms. The van der Waals surface area contributed by atoms with Crippen LogP contribution in [0.3, 0.4) is 0 Å². The molecule has 0 aliphatic heterocycles. The van der Waals surface area contributed by atoms with Gasteiger partial charge in [0, 0.05) is 25.7 Å². The minimum absolute atomic E-state index is 0.301. The molecule has 0 aromatic rings. The molecule has 1 rings (SSSR count). The van der Waals surface area contributed by atoms with Gasteiger partial charge in [-0.15, -0.1) is 0 Å². The predicted octanol–water partition coefficient (Wildman–Crippen LogP) is 2.32. The molecule has 1 saturated carbocycles. The summed E-state index contributed by atoms with van der Waals surface area (Å²) in [5.74, 6) is 0.671. The fraction of sp³-hybridized carbons (Fsp3) is 0.941. The van der Waals surface area contributed by atoms with Crippen molar-refractivity contribution in [2.45, 2.75) is 58.0 Å². The minimum atomic E-state index is -0.301. The van der Waals surface area contributed by atoms with Gasteiger partial charge in [-0.3, -0.25) is 10.2 Å². The molecule has 1 N–H and O–H groups in total. The molecule has 21 heavy (non-hydrogen) atoms. The van der Waals surface area contributed by atoms with Crippen LogP contribution >= 0.6 is 0 Å². The Morgan fingerprint density at radius 1 is 1.33 bits per heavy atom. The van der Waals surface area contributed by atoms with Crippen molar-refractivity contribution in [3.8, 4) is 6.07 Å². The van der Waals surface area contributed by atoms with Crippen molar-refractivity contribution in [2.75, 3.05) is 40.3 Å². The van der Waals surface area contributed by atoms with Crippen LogP contribution in [0.15, 0.2) is 0 Å². The predicted molar refractivity (Wildman–Crippen MR) is 89.2 cm³/mol. The zero-order valence-corrected chi connectivity index (χ0v) is 14.7. The first-order valence-corrected chi connectivity index (χ1v) is 8.47. The highest BCUT2D eigenvalue weighted by atomic mass is 15.2. The lowest BCUT2D eigenvalue weighted by atomic mass is 9.79. The van der Waals surface area contributed by atoms with Gasteiger partial charge in [-0.1, -0.05) is 20.8 Å². The lowest BCUT2D eigenvalue weighted by Crippen LogP contribution is -2.54. The number of nitrogens with zero attached hydrogens (tertiary/aromatic N) is 3. The molecule has 0 aromatic heterocycles. The number of rotatable bonds is 8. The summed E-state index contributed by atoms with van der Waals surface area (Å²) >= 11 is 0. The normalized spacial score (nSPS) is 26.5. The molecule has 0 radical (unpaired) electrons. The summed E-state index contributed by atoms with van der Waals surface area (Å²) < 4.78 is 0. The lowest BCUT2D eigenvalue weighted by Gasteiger charge is -2.42. The van der Waals surface area contributed by atoms with E-state index in [4.69, 9.17) is 0 Å². The van der Waals surface area contributed by atoms with E-state index in [1.807, 2.05) is 0 Å². The Hall–Kier alpha value is -0.630. The molecule has 2 atom stereocenters. The molecule has 4 heteroatoms. The largest absolute Gasteiger partial charge is 0.308 e. The third-order valence-corrected chi connectivity index (χ3v) is 4.40. The standard InChI is InChI=1S/C17H34N4/c1-6-19-17(14-18)9-7-8-16(12-17)21(13-15(2)3)11-10-20(4)5/h15-16,19H,6-13H2,1-5H3. The molecule has 4 nitrogen and oxygen atoms in total. The average Bonchev–Trinajstić information content (AvgIpc) is 2.43. The summed E-state index contributed by atoms with van der Waals surface area (Å²) in [6.45, 7) is 10.9. The number of hydrogen-bond acceptors (Lipinski definition) is 4. The summed E-state index contributed by atoms with van der Waals surface area (Å²) in [4.78, 5) is 4.87. The lowest BCUT2D eigenvalue weighted by molar-refractivity contribution is 0.101. The highest BCUT2D eigenvalue weighted by molar-refractivity contribution is 5.11. The monoisotopic (exact) mass is 294 g/mol. The van der Waals surface area contributed by atoms with Gasteiger partial charge in [0.05, 0.1) is 6.07 Å². The van der Waals surface area contributed by atoms with Gasteiger partial charge in [-0.2, -0.15) is 5.26 Å². The Kier molecular flexibility index (Phi) is 7.65. The zero-order valence-electron chi connectivity index (χ0n) is 14.7. The summed E-state index contributed by atoms with van der Waals surface area (Å²) in [5.41, 5.74) is -0.301. The second kappa shape index (κ2) is 8.73. The van der Waals surface area contributed by atoms with Crippen molar-refractivity contribution in [1.29, 1.82) is 5.26 Å². The summed E-state index contributed by atoms with van der Waals surface area (Å²) in [6, 6.07) is 3.11. The molecule has 0 saturated heterocycles. The highest BCUT2D eigenvalue weighted by Crippen LogP contribution is 2.31. The fourth-order valence-electron chi connectivity index (χ4n) is 3.42. The summed E-state index contributed by atoms with van der Waals surface area (Å²) in [6.07, 6.45) is 4.35. The number of likely N-dealkylation sites (N-methyl/N-ethyl adjacent to an activating group) is 1. The maximum absolute atomic E-state index is 9.63. The van der Waals surface area contributed by atoms with E-state index in [0.717, 1.165) is 45.4 Å². The molecule has 2 unspecified atom stereocenters. The van der Waals surface area contributed by atoms with Gasteiger partial charge in [0.1, 0.15) is 5.54 Å². The van der Waals surface area contributed by atoms with Gasteiger partial charge >= 0.3 is 0 Å². The Morgan fingerprint density at radius 2 is 2.05 bits per heavy atom. The topological polar surface area (TPSA) is 42.3 Å². The van der Waals surface area contributed by atoms with E-state index in [-0.39, 0.29) is 5.54 Å². The number of hydrogen-bond donors (Lipinski definition) is 1. The third-order valence-electron chi connectivity index (χ3n) is 4.40. The van der Waals surface area contributed by atoms with E-state index in [9.17, 15) is 5.26 Å². The van der Waals surface area contributed by atoms with Crippen molar-refractivity contribution in [3.05, 3.63) is 0 Å². The van der Waals surface area contributed by atoms with Crippen LogP contribution in [0.4, 0.5) is 0 Å². The smallest absolute Gasteiger partial charge is 0.108 e. The minimum Gasteiger partial charge on any atom is -0.308 e. The molecule has 1 aliphatic rings. The Balaban J connectivity index is 2.73. The molecule has 0 aromatic carbocycles. The van der Waals surface area contributed by atoms with Gasteiger partial charge in [-0.05, 0) is 52.2 Å². The van der Waals surface area contributed by atoms with Gasteiger partial charge in [0.25, 0.3) is 0 Å². The van der Waals surface area contributed by atoms with Crippen molar-refractivity contribution in [2.24, 2.45) is 5.92 Å². The highest BCUT2D eigenvalue weighted by Gasteiger charge is 2.37. The van der Waals surface area contributed by atoms with E-state index in [2.05, 4.69) is 56.1 Å². The van der Waals surface area contributed by atoms with Crippen LogP contribution in [0.25, 0.3) is 0 Å². The molecule has 1 fully saturated rings. The van der Waals surface area contributed by atoms with E-state index < -0.39 is 0 Å². The first-order chi connectivity index (χ1) is 9.92. The van der Waals surface area contributed by atoms with E-state index in [1.54, 1.807) is 0 Å². The molecule has 1 aliphatic carbocycles. The van der Waals surface area contributed by atoms with Crippen LogP contribution in [0.2, 0.25) is 0 Å². The number of nitrogens with one attached hydrogen (secondary N) is 1. The van der Waals surface area contributed by atoms with Gasteiger partial charge in [0.15, 0.2) is 0 Å². The first-order valence-electron chi connectivity index (χ1n) is 8.47. The first kappa shape index (κ1) is 18.4. The van der Waals surface area contributed by atoms with E-state index >= 15 is 0 Å². The molecule has 122 valence electrons. The van der Waals surface area contributed by atoms with Crippen LogP contribution in [-0.4, -0.2) is 61.7 Å². The van der Waals surface area contributed by atoms with Gasteiger partial charge < -0.3 is 4.90 Å². The Bertz CT molecular complexity index is 330. The molecular weight excluding hydrogens is 260 g/mol. The van der Waals surface area contributed by atoms with Crippen LogP contribution < -0.4 is 5.32 Å². The van der Waals surface area contributed by atoms with Crippen LogP contribution in [0, 0.1) is 17.2 Å². The van der Waals surface area contributed by atoms with E-state index in [1.165, 1.54) is 6.42 Å². The second-order valence-corrected chi connectivity index (χ2v) is 7.17. The maximum atomic E-state index is 9.63. The van der Waals surface area contributed by atoms with Crippen molar-refractivity contribution in [3.63, 3.8) is 0 Å². The Morgan fingerprint density at radius 3 is 2.57 bits per heavy atom. The van der Waals surface area contributed by atoms with Crippen molar-refractivity contribution < 1.29 is 0 Å². The second-order valence-electron chi connectivity index (χ2n) is 7.17. The quantitative estimate of drug-likeness (QED) is 0.746. The average molecular weight is 294 g/mol. The maximum Gasteiger partial charge on any atom is 0.108 e. The molecule has 0 heterocycles. The van der Waals surface area contributed by atoms with Crippen LogP contribution in [0.1, 0.15) is 46.5 Å². The van der Waals surface area contributed by atoms with Crippen LogP contribution in [0.5, 0.6) is 0 Å². The molecule has 0 amide bonds. The molecular formula is C17H34N4. The SMILES string of the molecule is CCNC1(C#N)CCCC(N(CCN(C)C)CC(C)C)C1. The van der Waals surface area contributed by atoms with Crippen molar-refractivity contribution >= 4 is 0 Å². The Labute approximate surface area is 131 Å². The van der Waals surface area contributed by atoms with Gasteiger partial charge in [0.2, 0.25) is 0 Å². The summed E-state index contributed by atoms with van der Waals surface area (Å²) in [7, 11) is 4.26. The van der Waals surface area contributed by atoms with E-state index in [0.29, 0.717) is 12.0 Å².